The molecule has 3 N–H and O–H groups in total. The van der Waals surface area contributed by atoms with Crippen LogP contribution < -0.4 is 11.1 Å². The van der Waals surface area contributed by atoms with Crippen molar-refractivity contribution in [2.45, 2.75) is 38.5 Å². The van der Waals surface area contributed by atoms with E-state index in [0.29, 0.717) is 12.8 Å². The van der Waals surface area contributed by atoms with Crippen molar-refractivity contribution in [3.8, 4) is 0 Å². The maximum absolute atomic E-state index is 11.7. The van der Waals surface area contributed by atoms with Gasteiger partial charge < -0.3 is 11.1 Å². The lowest BCUT2D eigenvalue weighted by atomic mass is 10.1. The quantitative estimate of drug-likeness (QED) is 0.514. The first-order chi connectivity index (χ1) is 9.74. The Labute approximate surface area is 126 Å². The highest BCUT2D eigenvalue weighted by atomic mass is 32.2. The zero-order valence-corrected chi connectivity index (χ0v) is 13.2. The molecule has 0 spiro atoms. The number of nitrogen functional groups attached to an aromatic ring is 1. The van der Waals surface area contributed by atoms with Gasteiger partial charge in [-0.3, -0.25) is 4.79 Å². The molecule has 1 aromatic carbocycles. The van der Waals surface area contributed by atoms with E-state index in [1.807, 2.05) is 36.0 Å². The van der Waals surface area contributed by atoms with Gasteiger partial charge in [0.1, 0.15) is 0 Å². The van der Waals surface area contributed by atoms with Crippen LogP contribution >= 0.6 is 11.8 Å². The van der Waals surface area contributed by atoms with Crippen LogP contribution in [0.3, 0.4) is 0 Å². The molecule has 0 aliphatic heterocycles. The van der Waals surface area contributed by atoms with Crippen molar-refractivity contribution < 1.29 is 4.79 Å². The Kier molecular flexibility index (Phi) is 8.96. The molecule has 0 saturated carbocycles. The number of thioether (sulfide) groups is 1. The first-order valence-electron chi connectivity index (χ1n) is 7.33. The van der Waals surface area contributed by atoms with Crippen LogP contribution in [0.4, 0.5) is 5.69 Å². The fourth-order valence-electron chi connectivity index (χ4n) is 2.05. The van der Waals surface area contributed by atoms with Gasteiger partial charge in [-0.15, -0.1) is 0 Å². The number of nitrogens with two attached hydrogens (primary N) is 1. The summed E-state index contributed by atoms with van der Waals surface area (Å²) in [6.07, 6.45) is 8.19. The van der Waals surface area contributed by atoms with E-state index < -0.39 is 0 Å². The first-order valence-corrected chi connectivity index (χ1v) is 8.72. The zero-order valence-electron chi connectivity index (χ0n) is 12.4. The summed E-state index contributed by atoms with van der Waals surface area (Å²) in [5, 5.41) is 2.98. The third kappa shape index (κ3) is 7.43. The Morgan fingerprint density at radius 2 is 1.95 bits per heavy atom. The maximum Gasteiger partial charge on any atom is 0.220 e. The Morgan fingerprint density at radius 1 is 1.20 bits per heavy atom. The third-order valence-corrected chi connectivity index (χ3v) is 3.97. The molecule has 0 aromatic heterocycles. The van der Waals surface area contributed by atoms with Gasteiger partial charge in [-0.2, -0.15) is 11.8 Å². The fraction of sp³-hybridized carbons (Fsp3) is 0.562. The second-order valence-electron chi connectivity index (χ2n) is 4.96. The number of anilines is 1. The lowest BCUT2D eigenvalue weighted by Gasteiger charge is -2.07. The summed E-state index contributed by atoms with van der Waals surface area (Å²) in [4.78, 5) is 11.7. The van der Waals surface area contributed by atoms with Crippen molar-refractivity contribution in [1.82, 2.24) is 5.32 Å². The summed E-state index contributed by atoms with van der Waals surface area (Å²) in [7, 11) is 0. The molecule has 112 valence electrons. The van der Waals surface area contributed by atoms with Crippen molar-refractivity contribution >= 4 is 23.4 Å². The standard InChI is InChI=1S/C16H26N2OS/c1-20-13-7-3-2-6-12-18-16(19)11-10-14-8-4-5-9-15(14)17/h4-5,8-9H,2-3,6-7,10-13,17H2,1H3,(H,18,19). The number of hydrogen-bond donors (Lipinski definition) is 2. The predicted molar refractivity (Wildman–Crippen MR) is 89.0 cm³/mol. The molecule has 0 unspecified atom stereocenters. The van der Waals surface area contributed by atoms with Gasteiger partial charge in [0.15, 0.2) is 0 Å². The normalized spacial score (nSPS) is 10.4. The van der Waals surface area contributed by atoms with Crippen molar-refractivity contribution in [1.29, 1.82) is 0 Å². The van der Waals surface area contributed by atoms with Crippen molar-refractivity contribution in [3.63, 3.8) is 0 Å². The van der Waals surface area contributed by atoms with Gasteiger partial charge in [0.25, 0.3) is 0 Å². The molecule has 0 aliphatic rings. The van der Waals surface area contributed by atoms with Gasteiger partial charge in [-0.05, 0) is 42.9 Å². The fourth-order valence-corrected chi connectivity index (χ4v) is 2.54. The van der Waals surface area contributed by atoms with Gasteiger partial charge in [-0.1, -0.05) is 31.0 Å². The van der Waals surface area contributed by atoms with Crippen LogP contribution in [0.1, 0.15) is 37.7 Å². The number of para-hydroxylation sites is 1. The van der Waals surface area contributed by atoms with Crippen LogP contribution in [-0.4, -0.2) is 24.5 Å². The van der Waals surface area contributed by atoms with E-state index in [2.05, 4.69) is 11.6 Å². The van der Waals surface area contributed by atoms with E-state index in [1.54, 1.807) is 0 Å². The van der Waals surface area contributed by atoms with Crippen molar-refractivity contribution in [2.24, 2.45) is 0 Å². The van der Waals surface area contributed by atoms with Gasteiger partial charge in [-0.25, -0.2) is 0 Å². The Balaban J connectivity index is 2.05. The summed E-state index contributed by atoms with van der Waals surface area (Å²) in [6, 6.07) is 7.73. The molecule has 0 radical (unpaired) electrons. The molecule has 0 atom stereocenters. The predicted octanol–water partition coefficient (Wildman–Crippen LogP) is 3.24. The Bertz CT molecular complexity index is 396. The molecule has 0 bridgehead atoms. The number of nitrogens with one attached hydrogen (secondary N) is 1. The number of rotatable bonds is 10. The van der Waals surface area contributed by atoms with Crippen molar-refractivity contribution in [2.75, 3.05) is 24.3 Å². The lowest BCUT2D eigenvalue weighted by Crippen LogP contribution is -2.24. The Morgan fingerprint density at radius 3 is 2.70 bits per heavy atom. The molecular weight excluding hydrogens is 268 g/mol. The maximum atomic E-state index is 11.7. The number of carbonyl (C=O) groups excluding carboxylic acids is 1. The molecule has 20 heavy (non-hydrogen) atoms. The van der Waals surface area contributed by atoms with E-state index in [0.717, 1.165) is 24.2 Å². The highest BCUT2D eigenvalue weighted by Crippen LogP contribution is 2.12. The molecule has 3 nitrogen and oxygen atoms in total. The second-order valence-corrected chi connectivity index (χ2v) is 5.94. The zero-order chi connectivity index (χ0) is 14.6. The molecule has 1 amide bonds. The van der Waals surface area contributed by atoms with Gasteiger partial charge >= 0.3 is 0 Å². The van der Waals surface area contributed by atoms with E-state index in [-0.39, 0.29) is 5.91 Å². The van der Waals surface area contributed by atoms with Crippen LogP contribution in [0.15, 0.2) is 24.3 Å². The minimum Gasteiger partial charge on any atom is -0.399 e. The van der Waals surface area contributed by atoms with Gasteiger partial charge in [0, 0.05) is 18.7 Å². The number of unbranched alkanes of at least 4 members (excludes halogenated alkanes) is 3. The second kappa shape index (κ2) is 10.6. The van der Waals surface area contributed by atoms with Crippen molar-refractivity contribution in [3.05, 3.63) is 29.8 Å². The first kappa shape index (κ1) is 16.9. The summed E-state index contributed by atoms with van der Waals surface area (Å²) in [5.41, 5.74) is 7.68. The Hall–Kier alpha value is -1.16. The molecule has 0 aliphatic carbocycles. The number of hydrogen-bond acceptors (Lipinski definition) is 3. The summed E-state index contributed by atoms with van der Waals surface area (Å²) in [5.74, 6) is 1.36. The number of aryl methyl sites for hydroxylation is 1. The summed E-state index contributed by atoms with van der Waals surface area (Å²) in [6.45, 7) is 0.794. The van der Waals surface area contributed by atoms with E-state index in [4.69, 9.17) is 5.73 Å². The highest BCUT2D eigenvalue weighted by molar-refractivity contribution is 7.98. The molecule has 1 aromatic rings. The highest BCUT2D eigenvalue weighted by Gasteiger charge is 2.03. The summed E-state index contributed by atoms with van der Waals surface area (Å²) >= 11 is 1.90. The van der Waals surface area contributed by atoms with Gasteiger partial charge in [0.05, 0.1) is 0 Å². The van der Waals surface area contributed by atoms with Crippen LogP contribution in [0, 0.1) is 0 Å². The molecule has 1 rings (SSSR count). The average molecular weight is 294 g/mol. The monoisotopic (exact) mass is 294 g/mol. The van der Waals surface area contributed by atoms with Crippen LogP contribution in [-0.2, 0) is 11.2 Å². The number of carbonyl (C=O) groups is 1. The lowest BCUT2D eigenvalue weighted by molar-refractivity contribution is -0.121. The van der Waals surface area contributed by atoms with Crippen LogP contribution in [0.5, 0.6) is 0 Å². The number of benzene rings is 1. The molecule has 0 saturated heterocycles. The SMILES string of the molecule is CSCCCCCCNC(=O)CCc1ccccc1N. The topological polar surface area (TPSA) is 55.1 Å². The molecule has 0 fully saturated rings. The summed E-state index contributed by atoms with van der Waals surface area (Å²) < 4.78 is 0. The smallest absolute Gasteiger partial charge is 0.220 e. The largest absolute Gasteiger partial charge is 0.399 e. The van der Waals surface area contributed by atoms with Crippen LogP contribution in [0.2, 0.25) is 0 Å². The van der Waals surface area contributed by atoms with E-state index >= 15 is 0 Å². The molecular formula is C16H26N2OS. The third-order valence-electron chi connectivity index (χ3n) is 3.27. The minimum atomic E-state index is 0.123. The van der Waals surface area contributed by atoms with Crippen LogP contribution in [0.25, 0.3) is 0 Å². The van der Waals surface area contributed by atoms with E-state index in [9.17, 15) is 4.79 Å². The number of amides is 1. The molecule has 4 heteroatoms. The van der Waals surface area contributed by atoms with E-state index in [1.165, 1.54) is 25.0 Å². The van der Waals surface area contributed by atoms with Gasteiger partial charge in [0.2, 0.25) is 5.91 Å². The molecule has 0 heterocycles. The minimum absolute atomic E-state index is 0.123. The average Bonchev–Trinajstić information content (AvgIpc) is 2.45.